The largest absolute Gasteiger partial charge is 0.489 e. The van der Waals surface area contributed by atoms with Gasteiger partial charge in [0, 0.05) is 26.2 Å². The molecule has 2 N–H and O–H groups in total. The van der Waals surface area contributed by atoms with Gasteiger partial charge in [-0.15, -0.1) is 0 Å². The number of para-hydroxylation sites is 2. The van der Waals surface area contributed by atoms with Crippen molar-refractivity contribution in [3.63, 3.8) is 0 Å². The van der Waals surface area contributed by atoms with Gasteiger partial charge in [-0.05, 0) is 45.5 Å². The second-order valence-electron chi connectivity index (χ2n) is 5.61. The minimum atomic E-state index is 0.210. The molecule has 0 atom stereocenters. The summed E-state index contributed by atoms with van der Waals surface area (Å²) in [6, 6.07) is 8.35. The summed E-state index contributed by atoms with van der Waals surface area (Å²) in [5.41, 5.74) is 6.80. The van der Waals surface area contributed by atoms with Crippen LogP contribution >= 0.6 is 0 Å². The van der Waals surface area contributed by atoms with Crippen molar-refractivity contribution in [1.82, 2.24) is 4.90 Å². The molecular formula is C16H27N3O. The molecule has 0 aliphatic carbocycles. The lowest BCUT2D eigenvalue weighted by Crippen LogP contribution is -2.47. The summed E-state index contributed by atoms with van der Waals surface area (Å²) < 4.78 is 5.92. The Morgan fingerprint density at radius 3 is 2.50 bits per heavy atom. The number of nitrogens with zero attached hydrogens (tertiary/aromatic N) is 2. The van der Waals surface area contributed by atoms with Crippen LogP contribution in [0.4, 0.5) is 5.69 Å². The molecule has 1 aliphatic heterocycles. The van der Waals surface area contributed by atoms with Crippen LogP contribution in [0.25, 0.3) is 0 Å². The van der Waals surface area contributed by atoms with Crippen LogP contribution in [-0.4, -0.2) is 50.3 Å². The Balaban J connectivity index is 1.96. The van der Waals surface area contributed by atoms with Gasteiger partial charge >= 0.3 is 0 Å². The fourth-order valence-corrected chi connectivity index (χ4v) is 2.60. The topological polar surface area (TPSA) is 41.7 Å². The van der Waals surface area contributed by atoms with Gasteiger partial charge in [-0.1, -0.05) is 12.1 Å². The Labute approximate surface area is 122 Å². The highest BCUT2D eigenvalue weighted by Gasteiger charge is 2.19. The molecule has 0 amide bonds. The van der Waals surface area contributed by atoms with Crippen molar-refractivity contribution in [2.24, 2.45) is 5.73 Å². The Kier molecular flexibility index (Phi) is 5.68. The van der Waals surface area contributed by atoms with Crippen LogP contribution in [0.1, 0.15) is 20.3 Å². The van der Waals surface area contributed by atoms with Gasteiger partial charge in [-0.3, -0.25) is 4.90 Å². The summed E-state index contributed by atoms with van der Waals surface area (Å²) >= 11 is 0. The summed E-state index contributed by atoms with van der Waals surface area (Å²) in [5.74, 6) is 0.998. The first-order chi connectivity index (χ1) is 9.70. The Morgan fingerprint density at radius 2 is 1.85 bits per heavy atom. The molecule has 1 fully saturated rings. The van der Waals surface area contributed by atoms with Crippen LogP contribution in [-0.2, 0) is 0 Å². The molecule has 1 aromatic rings. The number of ether oxygens (including phenoxy) is 1. The quantitative estimate of drug-likeness (QED) is 0.863. The van der Waals surface area contributed by atoms with Crippen molar-refractivity contribution >= 4 is 5.69 Å². The molecule has 1 aliphatic rings. The molecule has 1 saturated heterocycles. The van der Waals surface area contributed by atoms with Crippen LogP contribution in [0.5, 0.6) is 5.75 Å². The molecule has 0 saturated carbocycles. The highest BCUT2D eigenvalue weighted by Crippen LogP contribution is 2.29. The van der Waals surface area contributed by atoms with Crippen LogP contribution in [0, 0.1) is 0 Å². The van der Waals surface area contributed by atoms with E-state index >= 15 is 0 Å². The minimum absolute atomic E-state index is 0.210. The molecule has 0 spiro atoms. The van der Waals surface area contributed by atoms with Crippen LogP contribution in [0.15, 0.2) is 24.3 Å². The second-order valence-corrected chi connectivity index (χ2v) is 5.61. The third-order valence-corrected chi connectivity index (χ3v) is 3.62. The number of piperazine rings is 1. The van der Waals surface area contributed by atoms with Crippen molar-refractivity contribution < 1.29 is 4.74 Å². The lowest BCUT2D eigenvalue weighted by molar-refractivity contribution is 0.237. The molecule has 0 radical (unpaired) electrons. The van der Waals surface area contributed by atoms with E-state index in [-0.39, 0.29) is 6.10 Å². The van der Waals surface area contributed by atoms with Crippen LogP contribution in [0.3, 0.4) is 0 Å². The van der Waals surface area contributed by atoms with E-state index in [2.05, 4.69) is 41.8 Å². The molecule has 112 valence electrons. The van der Waals surface area contributed by atoms with E-state index in [4.69, 9.17) is 10.5 Å². The summed E-state index contributed by atoms with van der Waals surface area (Å²) in [5, 5.41) is 0. The lowest BCUT2D eigenvalue weighted by atomic mass is 10.2. The molecule has 0 unspecified atom stereocenters. The van der Waals surface area contributed by atoms with Gasteiger partial charge in [0.05, 0.1) is 11.8 Å². The molecule has 1 heterocycles. The normalized spacial score (nSPS) is 16.7. The van der Waals surface area contributed by atoms with Crippen molar-refractivity contribution in [3.05, 3.63) is 24.3 Å². The van der Waals surface area contributed by atoms with Crippen LogP contribution < -0.4 is 15.4 Å². The highest BCUT2D eigenvalue weighted by molar-refractivity contribution is 5.58. The fourth-order valence-electron chi connectivity index (χ4n) is 2.60. The minimum Gasteiger partial charge on any atom is -0.489 e. The van der Waals surface area contributed by atoms with Gasteiger partial charge in [0.2, 0.25) is 0 Å². The smallest absolute Gasteiger partial charge is 0.142 e. The molecule has 20 heavy (non-hydrogen) atoms. The average Bonchev–Trinajstić information content (AvgIpc) is 2.46. The van der Waals surface area contributed by atoms with Crippen molar-refractivity contribution in [3.8, 4) is 5.75 Å². The molecule has 4 heteroatoms. The third-order valence-electron chi connectivity index (χ3n) is 3.62. The first-order valence-corrected chi connectivity index (χ1v) is 7.63. The fraction of sp³-hybridized carbons (Fsp3) is 0.625. The third kappa shape index (κ3) is 4.12. The maximum atomic E-state index is 5.92. The predicted molar refractivity (Wildman–Crippen MR) is 84.5 cm³/mol. The maximum absolute atomic E-state index is 5.92. The van der Waals surface area contributed by atoms with E-state index in [1.165, 1.54) is 5.69 Å². The van der Waals surface area contributed by atoms with Crippen molar-refractivity contribution in [2.75, 3.05) is 44.2 Å². The lowest BCUT2D eigenvalue weighted by Gasteiger charge is -2.36. The zero-order chi connectivity index (χ0) is 14.4. The summed E-state index contributed by atoms with van der Waals surface area (Å²) in [7, 11) is 0. The SMILES string of the molecule is CC(C)Oc1ccccc1N1CCN(CCCN)CC1. The van der Waals surface area contributed by atoms with Gasteiger partial charge < -0.3 is 15.4 Å². The van der Waals surface area contributed by atoms with Crippen molar-refractivity contribution in [1.29, 1.82) is 0 Å². The molecule has 0 aromatic heterocycles. The van der Waals surface area contributed by atoms with Crippen LogP contribution in [0.2, 0.25) is 0 Å². The van der Waals surface area contributed by atoms with E-state index in [1.807, 2.05) is 6.07 Å². The monoisotopic (exact) mass is 277 g/mol. The summed E-state index contributed by atoms with van der Waals surface area (Å²) in [4.78, 5) is 4.92. The number of nitrogens with two attached hydrogens (primary N) is 1. The molecule has 0 bridgehead atoms. The number of anilines is 1. The second kappa shape index (κ2) is 7.50. The average molecular weight is 277 g/mol. The molecule has 2 rings (SSSR count). The summed E-state index contributed by atoms with van der Waals surface area (Å²) in [6.07, 6.45) is 1.30. The van der Waals surface area contributed by atoms with Gasteiger partial charge in [0.15, 0.2) is 0 Å². The zero-order valence-corrected chi connectivity index (χ0v) is 12.7. The van der Waals surface area contributed by atoms with Gasteiger partial charge in [0.25, 0.3) is 0 Å². The van der Waals surface area contributed by atoms with Crippen molar-refractivity contribution in [2.45, 2.75) is 26.4 Å². The highest BCUT2D eigenvalue weighted by atomic mass is 16.5. The molecule has 4 nitrogen and oxygen atoms in total. The van der Waals surface area contributed by atoms with E-state index in [0.717, 1.165) is 51.4 Å². The van der Waals surface area contributed by atoms with Gasteiger partial charge in [-0.2, -0.15) is 0 Å². The Morgan fingerprint density at radius 1 is 1.15 bits per heavy atom. The standard InChI is InChI=1S/C16H27N3O/c1-14(2)20-16-7-4-3-6-15(16)19-12-10-18(11-13-19)9-5-8-17/h3-4,6-7,14H,5,8-13,17H2,1-2H3. The number of benzene rings is 1. The van der Waals surface area contributed by atoms with E-state index in [1.54, 1.807) is 0 Å². The van der Waals surface area contributed by atoms with E-state index in [9.17, 15) is 0 Å². The van der Waals surface area contributed by atoms with Gasteiger partial charge in [0.1, 0.15) is 5.75 Å². The molecule has 1 aromatic carbocycles. The first-order valence-electron chi connectivity index (χ1n) is 7.63. The van der Waals surface area contributed by atoms with Gasteiger partial charge in [-0.25, -0.2) is 0 Å². The predicted octanol–water partition coefficient (Wildman–Crippen LogP) is 1.94. The number of hydrogen-bond donors (Lipinski definition) is 1. The summed E-state index contributed by atoms with van der Waals surface area (Å²) in [6.45, 7) is 10.4. The number of hydrogen-bond acceptors (Lipinski definition) is 4. The zero-order valence-electron chi connectivity index (χ0n) is 12.7. The number of rotatable bonds is 6. The maximum Gasteiger partial charge on any atom is 0.142 e. The Hall–Kier alpha value is -1.26. The molecular weight excluding hydrogens is 250 g/mol. The van der Waals surface area contributed by atoms with E-state index < -0.39 is 0 Å². The Bertz CT molecular complexity index is 400. The van der Waals surface area contributed by atoms with E-state index in [0.29, 0.717) is 0 Å². The first kappa shape index (κ1) is 15.1.